The van der Waals surface area contributed by atoms with Gasteiger partial charge in [0, 0.05) is 25.9 Å². The normalized spacial score (nSPS) is 23.1. The first-order valence-electron chi connectivity index (χ1n) is 19.5. The number of likely N-dealkylation sites (tertiary alicyclic amines) is 2. The van der Waals surface area contributed by atoms with Gasteiger partial charge in [-0.15, -0.1) is 47.0 Å². The number of methoxy groups -OCH3 is 1. The molecular weight excluding hydrogens is 813 g/mol. The summed E-state index contributed by atoms with van der Waals surface area (Å²) in [5.41, 5.74) is -2.51. The number of esters is 1. The number of hydrogen-bond acceptors (Lipinski definition) is 13. The minimum atomic E-state index is -0.998. The number of carboxylic acids is 1. The number of aliphatic carboxylic acids is 1. The molecule has 2 unspecified atom stereocenters. The molecule has 18 heteroatoms. The van der Waals surface area contributed by atoms with Gasteiger partial charge in [-0.2, -0.15) is 0 Å². The summed E-state index contributed by atoms with van der Waals surface area (Å²) in [5.74, 6) is 1.93. The molecule has 57 heavy (non-hydrogen) atoms. The van der Waals surface area contributed by atoms with Gasteiger partial charge in [-0.25, -0.2) is 19.2 Å². The zero-order valence-electron chi connectivity index (χ0n) is 36.0. The summed E-state index contributed by atoms with van der Waals surface area (Å²) in [7, 11) is 1.34. The highest BCUT2D eigenvalue weighted by Crippen LogP contribution is 2.52. The van der Waals surface area contributed by atoms with Crippen molar-refractivity contribution < 1.29 is 48.1 Å². The summed E-state index contributed by atoms with van der Waals surface area (Å²) in [5, 5.41) is 15.2. The largest absolute Gasteiger partial charge is 0.480 e. The molecule has 4 heterocycles. The average molecular weight is 879 g/mol. The van der Waals surface area contributed by atoms with Crippen LogP contribution < -0.4 is 10.6 Å². The van der Waals surface area contributed by atoms with E-state index in [-0.39, 0.29) is 20.0 Å². The Balaban J connectivity index is 0.000000306. The second-order valence-corrected chi connectivity index (χ2v) is 25.5. The number of amides is 4. The molecule has 4 aliphatic rings. The number of nitrogens with zero attached hydrogens (tertiary/aromatic N) is 2. The molecule has 2 spiro atoms. The molecule has 0 aromatic rings. The Morgan fingerprint density at radius 2 is 0.947 bits per heavy atom. The summed E-state index contributed by atoms with van der Waals surface area (Å²) in [6, 6.07) is -3.22. The quantitative estimate of drug-likeness (QED) is 0.196. The van der Waals surface area contributed by atoms with Crippen LogP contribution in [0.15, 0.2) is 0 Å². The van der Waals surface area contributed by atoms with Gasteiger partial charge in [-0.05, 0) is 88.2 Å². The van der Waals surface area contributed by atoms with Crippen molar-refractivity contribution >= 4 is 83.0 Å². The van der Waals surface area contributed by atoms with Crippen molar-refractivity contribution in [1.29, 1.82) is 0 Å². The fraction of sp³-hybridized carbons (Fsp3) is 0.846. The summed E-state index contributed by atoms with van der Waals surface area (Å²) >= 11 is 7.13. The number of carbonyl (C=O) groups excluding carboxylic acids is 5. The highest BCUT2D eigenvalue weighted by atomic mass is 32.2. The number of thioether (sulfide) groups is 4. The fourth-order valence-corrected chi connectivity index (χ4v) is 13.5. The van der Waals surface area contributed by atoms with Crippen LogP contribution in [-0.2, 0) is 33.4 Å². The molecule has 0 aliphatic carbocycles. The second kappa shape index (κ2) is 19.0. The number of carbonyl (C=O) groups is 6. The molecule has 4 saturated heterocycles. The van der Waals surface area contributed by atoms with Crippen molar-refractivity contribution in [3.8, 4) is 0 Å². The van der Waals surface area contributed by atoms with Gasteiger partial charge in [-0.3, -0.25) is 9.59 Å². The second-order valence-electron chi connectivity index (χ2n) is 19.0. The van der Waals surface area contributed by atoms with Crippen LogP contribution in [0.1, 0.15) is 109 Å². The molecule has 326 valence electrons. The molecule has 4 fully saturated rings. The molecule has 14 nitrogen and oxygen atoms in total. The minimum absolute atomic E-state index is 0.193. The molecule has 0 aromatic heterocycles. The maximum Gasteiger partial charge on any atom is 0.408 e. The van der Waals surface area contributed by atoms with Crippen LogP contribution in [0.2, 0.25) is 0 Å². The fourth-order valence-electron chi connectivity index (χ4n) is 6.84. The monoisotopic (exact) mass is 878 g/mol. The van der Waals surface area contributed by atoms with Crippen LogP contribution in [0.3, 0.4) is 0 Å². The zero-order valence-corrected chi connectivity index (χ0v) is 39.3. The maximum absolute atomic E-state index is 13.6. The first-order chi connectivity index (χ1) is 26.0. The van der Waals surface area contributed by atoms with E-state index < -0.39 is 70.3 Å². The van der Waals surface area contributed by atoms with Crippen molar-refractivity contribution in [3.63, 3.8) is 0 Å². The standard InChI is InChI=1S/C20H34N2O5S2.C19H32N2O5S2/c1-18(2,3)14(21-17(25)27-19(4,5)6)15(23)22-12-20(28-9-8-10-29-20)11-13(22)16(24)26-7;1-17(2,3)13(20-16(25)26-18(4,5)6)14(22)21-11-19(10-12(21)15(23)24)27-8-7-9-28-19/h13-14H,8-12H2,1-7H3,(H,21,25);12-13H,7-11H2,1-6H3,(H,20,25)(H,23,24)/t13-,14?;12-,13?/m00/s1. The Kier molecular flexibility index (Phi) is 16.4. The topological polar surface area (TPSA) is 181 Å². The van der Waals surface area contributed by atoms with Gasteiger partial charge in [-0.1, -0.05) is 41.5 Å². The minimum Gasteiger partial charge on any atom is -0.480 e. The third-order valence-corrected chi connectivity index (χ3v) is 16.2. The molecule has 4 atom stereocenters. The van der Waals surface area contributed by atoms with E-state index in [9.17, 15) is 33.9 Å². The Morgan fingerprint density at radius 1 is 0.614 bits per heavy atom. The number of alkyl carbamates (subject to hydrolysis) is 2. The van der Waals surface area contributed by atoms with E-state index in [2.05, 4.69) is 10.6 Å². The highest BCUT2D eigenvalue weighted by Gasteiger charge is 2.54. The van der Waals surface area contributed by atoms with Gasteiger partial charge in [0.15, 0.2) is 0 Å². The molecule has 0 saturated carbocycles. The molecule has 3 N–H and O–H groups in total. The Bertz CT molecular complexity index is 1470. The first-order valence-corrected chi connectivity index (χ1v) is 23.4. The number of rotatable bonds is 6. The van der Waals surface area contributed by atoms with Crippen molar-refractivity contribution in [2.45, 2.75) is 152 Å². The summed E-state index contributed by atoms with van der Waals surface area (Å²) in [6.45, 7) is 22.6. The lowest BCUT2D eigenvalue weighted by Crippen LogP contribution is -2.57. The summed E-state index contributed by atoms with van der Waals surface area (Å²) in [4.78, 5) is 79.1. The average Bonchev–Trinajstić information content (AvgIpc) is 3.62. The van der Waals surface area contributed by atoms with Crippen LogP contribution in [0.25, 0.3) is 0 Å². The van der Waals surface area contributed by atoms with Crippen LogP contribution in [0.4, 0.5) is 9.59 Å². The van der Waals surface area contributed by atoms with Crippen LogP contribution in [0, 0.1) is 10.8 Å². The Labute approximate surface area is 356 Å². The van der Waals surface area contributed by atoms with Gasteiger partial charge >= 0.3 is 24.1 Å². The molecule has 0 aromatic carbocycles. The van der Waals surface area contributed by atoms with Crippen LogP contribution in [-0.4, -0.2) is 138 Å². The molecule has 0 bridgehead atoms. The third-order valence-electron chi connectivity index (χ3n) is 9.49. The lowest BCUT2D eigenvalue weighted by Gasteiger charge is -2.36. The molecule has 0 radical (unpaired) electrons. The highest BCUT2D eigenvalue weighted by molar-refractivity contribution is 8.19. The first kappa shape index (κ1) is 49.2. The van der Waals surface area contributed by atoms with Crippen molar-refractivity contribution in [1.82, 2.24) is 20.4 Å². The predicted octanol–water partition coefficient (Wildman–Crippen LogP) is 6.44. The summed E-state index contributed by atoms with van der Waals surface area (Å²) in [6.07, 6.45) is 1.88. The van der Waals surface area contributed by atoms with Gasteiger partial charge < -0.3 is 39.8 Å². The van der Waals surface area contributed by atoms with Crippen LogP contribution >= 0.6 is 47.0 Å². The van der Waals surface area contributed by atoms with E-state index in [4.69, 9.17) is 14.2 Å². The molecular formula is C39H66N4O10S4. The Morgan fingerprint density at radius 3 is 1.25 bits per heavy atom. The molecule has 4 aliphatic heterocycles. The zero-order chi connectivity index (χ0) is 43.4. The summed E-state index contributed by atoms with van der Waals surface area (Å²) < 4.78 is 15.2. The van der Waals surface area contributed by atoms with E-state index in [0.29, 0.717) is 25.9 Å². The van der Waals surface area contributed by atoms with Gasteiger partial charge in [0.2, 0.25) is 11.8 Å². The van der Waals surface area contributed by atoms with Gasteiger partial charge in [0.1, 0.15) is 35.4 Å². The lowest BCUT2D eigenvalue weighted by molar-refractivity contribution is -0.152. The Hall–Kier alpha value is -2.18. The smallest absolute Gasteiger partial charge is 0.408 e. The number of hydrogen-bond donors (Lipinski definition) is 3. The van der Waals surface area contributed by atoms with Crippen molar-refractivity contribution in [2.24, 2.45) is 10.8 Å². The lowest BCUT2D eigenvalue weighted by atomic mass is 9.85. The van der Waals surface area contributed by atoms with Crippen LogP contribution in [0.5, 0.6) is 0 Å². The number of carboxylic acid groups (broad SMARTS) is 1. The van der Waals surface area contributed by atoms with Gasteiger partial charge in [0.25, 0.3) is 0 Å². The maximum atomic E-state index is 13.6. The van der Waals surface area contributed by atoms with E-state index >= 15 is 0 Å². The molecule has 4 amide bonds. The predicted molar refractivity (Wildman–Crippen MR) is 230 cm³/mol. The molecule has 4 rings (SSSR count). The van der Waals surface area contributed by atoms with E-state index in [1.54, 1.807) is 70.0 Å². The van der Waals surface area contributed by atoms with E-state index in [0.717, 1.165) is 35.9 Å². The SMILES string of the molecule is CC(C)(C)OC(=O)NC(C(=O)N1CC2(C[C@H]1C(=O)O)SCCCS2)C(C)(C)C.COC(=O)[C@@H]1CC2(CN1C(=O)C(NC(=O)OC(C)(C)C)C(C)(C)C)SCCCS2. The third kappa shape index (κ3) is 13.9. The van der Waals surface area contributed by atoms with Crippen molar-refractivity contribution in [3.05, 3.63) is 0 Å². The van der Waals surface area contributed by atoms with E-state index in [1.165, 1.54) is 12.0 Å². The van der Waals surface area contributed by atoms with Crippen molar-refractivity contribution in [2.75, 3.05) is 43.2 Å². The number of nitrogens with one attached hydrogen (secondary N) is 2. The number of ether oxygens (including phenoxy) is 3. The van der Waals surface area contributed by atoms with Gasteiger partial charge in [0.05, 0.1) is 15.3 Å². The van der Waals surface area contributed by atoms with E-state index in [1.807, 2.05) is 65.1 Å².